The van der Waals surface area contributed by atoms with E-state index in [0.717, 1.165) is 5.69 Å². The summed E-state index contributed by atoms with van der Waals surface area (Å²) in [6, 6.07) is 9.16. The number of rotatable bonds is 7. The summed E-state index contributed by atoms with van der Waals surface area (Å²) in [6.07, 6.45) is 4.71. The van der Waals surface area contributed by atoms with E-state index >= 15 is 0 Å². The summed E-state index contributed by atoms with van der Waals surface area (Å²) in [5.74, 6) is 1.64. The van der Waals surface area contributed by atoms with Crippen LogP contribution in [0.5, 0.6) is 0 Å². The van der Waals surface area contributed by atoms with Gasteiger partial charge in [0.25, 0.3) is 5.91 Å². The fraction of sp³-hybridized carbons (Fsp3) is 0.176. The highest BCUT2D eigenvalue weighted by Gasteiger charge is 2.06. The molecule has 0 aliphatic carbocycles. The Bertz CT molecular complexity index is 837. The van der Waals surface area contributed by atoms with E-state index in [1.807, 2.05) is 25.1 Å². The number of hydrogen-bond donors (Lipinski definition) is 3. The Labute approximate surface area is 150 Å². The van der Waals surface area contributed by atoms with E-state index in [2.05, 4.69) is 41.1 Å². The zero-order valence-corrected chi connectivity index (χ0v) is 14.2. The molecule has 0 bridgehead atoms. The molecule has 0 saturated heterocycles. The summed E-state index contributed by atoms with van der Waals surface area (Å²) in [6.45, 7) is 2.74. The molecule has 0 aliphatic heterocycles. The molecule has 3 heterocycles. The van der Waals surface area contributed by atoms with Crippen LogP contribution in [0, 0.1) is 6.92 Å². The molecule has 1 amide bonds. The maximum absolute atomic E-state index is 11.9. The third-order valence-corrected chi connectivity index (χ3v) is 3.32. The molecule has 3 aromatic rings. The molecule has 0 atom stereocenters. The van der Waals surface area contributed by atoms with Crippen LogP contribution in [-0.4, -0.2) is 44.1 Å². The van der Waals surface area contributed by atoms with E-state index in [-0.39, 0.29) is 5.91 Å². The molecule has 0 spiro atoms. The fourth-order valence-corrected chi connectivity index (χ4v) is 2.03. The average Bonchev–Trinajstić information content (AvgIpc) is 2.68. The molecule has 0 fully saturated rings. The van der Waals surface area contributed by atoms with Gasteiger partial charge in [-0.05, 0) is 31.2 Å². The van der Waals surface area contributed by atoms with Crippen LogP contribution in [0.15, 0.2) is 48.9 Å². The Balaban J connectivity index is 1.42. The first-order chi connectivity index (χ1) is 12.7. The van der Waals surface area contributed by atoms with Gasteiger partial charge in [-0.2, -0.15) is 0 Å². The fourth-order valence-electron chi connectivity index (χ4n) is 2.03. The summed E-state index contributed by atoms with van der Waals surface area (Å²) >= 11 is 0. The Morgan fingerprint density at radius 1 is 0.923 bits per heavy atom. The topological polar surface area (TPSA) is 118 Å². The van der Waals surface area contributed by atoms with Gasteiger partial charge >= 0.3 is 0 Å². The predicted molar refractivity (Wildman–Crippen MR) is 97.1 cm³/mol. The Hall–Kier alpha value is -3.62. The molecule has 132 valence electrons. The number of aromatic nitrogens is 5. The van der Waals surface area contributed by atoms with E-state index in [4.69, 9.17) is 0 Å². The van der Waals surface area contributed by atoms with Crippen molar-refractivity contribution in [1.29, 1.82) is 0 Å². The van der Waals surface area contributed by atoms with E-state index in [0.29, 0.717) is 36.2 Å². The molecular formula is C17H18N8O. The number of carbonyl (C=O) groups is 1. The second-order valence-electron chi connectivity index (χ2n) is 5.37. The van der Waals surface area contributed by atoms with Crippen LogP contribution in [0.2, 0.25) is 0 Å². The summed E-state index contributed by atoms with van der Waals surface area (Å²) in [7, 11) is 0. The second kappa shape index (κ2) is 8.47. The van der Waals surface area contributed by atoms with Crippen molar-refractivity contribution in [2.24, 2.45) is 0 Å². The first-order valence-electron chi connectivity index (χ1n) is 8.03. The van der Waals surface area contributed by atoms with Gasteiger partial charge < -0.3 is 16.0 Å². The number of carbonyl (C=O) groups excluding carboxylic acids is 1. The standard InChI is InChI=1S/C17H18N8O/c1-12-10-22-13(11-21-12)17(26)20-9-8-19-15-5-6-16(25-24-15)23-14-4-2-3-7-18-14/h2-7,10-11H,8-9H2,1H3,(H,19,24)(H,20,26)(H,18,23,25). The quantitative estimate of drug-likeness (QED) is 0.550. The summed E-state index contributed by atoms with van der Waals surface area (Å²) in [4.78, 5) is 24.1. The van der Waals surface area contributed by atoms with Crippen LogP contribution in [0.3, 0.4) is 0 Å². The highest BCUT2D eigenvalue weighted by molar-refractivity contribution is 5.91. The highest BCUT2D eigenvalue weighted by Crippen LogP contribution is 2.11. The number of nitrogens with zero attached hydrogens (tertiary/aromatic N) is 5. The summed E-state index contributed by atoms with van der Waals surface area (Å²) in [5.41, 5.74) is 1.06. The number of pyridine rings is 1. The van der Waals surface area contributed by atoms with Crippen LogP contribution in [0.4, 0.5) is 17.5 Å². The van der Waals surface area contributed by atoms with Crippen molar-refractivity contribution in [3.63, 3.8) is 0 Å². The van der Waals surface area contributed by atoms with E-state index in [9.17, 15) is 4.79 Å². The minimum absolute atomic E-state index is 0.264. The van der Waals surface area contributed by atoms with Crippen molar-refractivity contribution >= 4 is 23.4 Å². The third kappa shape index (κ3) is 4.94. The Morgan fingerprint density at radius 2 is 1.77 bits per heavy atom. The predicted octanol–water partition coefficient (Wildman–Crippen LogP) is 1.56. The normalized spacial score (nSPS) is 10.2. The average molecular weight is 350 g/mol. The Kier molecular flexibility index (Phi) is 5.61. The van der Waals surface area contributed by atoms with E-state index in [1.54, 1.807) is 24.5 Å². The minimum Gasteiger partial charge on any atom is -0.367 e. The molecule has 3 rings (SSSR count). The van der Waals surface area contributed by atoms with Gasteiger partial charge in [-0.15, -0.1) is 10.2 Å². The maximum Gasteiger partial charge on any atom is 0.271 e. The molecule has 0 aromatic carbocycles. The molecule has 0 saturated carbocycles. The summed E-state index contributed by atoms with van der Waals surface area (Å²) < 4.78 is 0. The van der Waals surface area contributed by atoms with Crippen molar-refractivity contribution in [1.82, 2.24) is 30.5 Å². The van der Waals surface area contributed by atoms with Crippen molar-refractivity contribution in [3.05, 3.63) is 60.3 Å². The van der Waals surface area contributed by atoms with Crippen LogP contribution >= 0.6 is 0 Å². The first-order valence-corrected chi connectivity index (χ1v) is 8.03. The lowest BCUT2D eigenvalue weighted by Gasteiger charge is -2.08. The monoisotopic (exact) mass is 350 g/mol. The zero-order chi connectivity index (χ0) is 18.2. The van der Waals surface area contributed by atoms with Gasteiger partial charge in [-0.1, -0.05) is 6.07 Å². The lowest BCUT2D eigenvalue weighted by Crippen LogP contribution is -2.29. The van der Waals surface area contributed by atoms with Gasteiger partial charge in [0.05, 0.1) is 11.9 Å². The van der Waals surface area contributed by atoms with Crippen molar-refractivity contribution in [3.8, 4) is 0 Å². The molecular weight excluding hydrogens is 332 g/mol. The zero-order valence-electron chi connectivity index (χ0n) is 14.2. The van der Waals surface area contributed by atoms with Crippen LogP contribution in [-0.2, 0) is 0 Å². The van der Waals surface area contributed by atoms with E-state index in [1.165, 1.54) is 6.20 Å². The molecule has 3 N–H and O–H groups in total. The number of anilines is 3. The largest absolute Gasteiger partial charge is 0.367 e. The lowest BCUT2D eigenvalue weighted by atomic mass is 10.4. The van der Waals surface area contributed by atoms with Crippen molar-refractivity contribution < 1.29 is 4.79 Å². The van der Waals surface area contributed by atoms with Crippen LogP contribution < -0.4 is 16.0 Å². The van der Waals surface area contributed by atoms with E-state index < -0.39 is 0 Å². The van der Waals surface area contributed by atoms with Crippen molar-refractivity contribution in [2.75, 3.05) is 23.7 Å². The lowest BCUT2D eigenvalue weighted by molar-refractivity contribution is 0.0950. The summed E-state index contributed by atoms with van der Waals surface area (Å²) in [5, 5.41) is 17.0. The number of hydrogen-bond acceptors (Lipinski definition) is 8. The van der Waals surface area contributed by atoms with Gasteiger partial charge in [0.15, 0.2) is 5.82 Å². The maximum atomic E-state index is 11.9. The molecule has 0 aliphatic rings. The molecule has 9 heteroatoms. The smallest absolute Gasteiger partial charge is 0.271 e. The van der Waals surface area contributed by atoms with Gasteiger partial charge in [-0.3, -0.25) is 9.78 Å². The van der Waals surface area contributed by atoms with Crippen molar-refractivity contribution in [2.45, 2.75) is 6.92 Å². The molecule has 3 aromatic heterocycles. The third-order valence-electron chi connectivity index (χ3n) is 3.32. The van der Waals surface area contributed by atoms with Crippen LogP contribution in [0.1, 0.15) is 16.2 Å². The molecule has 9 nitrogen and oxygen atoms in total. The van der Waals surface area contributed by atoms with Gasteiger partial charge in [-0.25, -0.2) is 9.97 Å². The van der Waals surface area contributed by atoms with Gasteiger partial charge in [0.1, 0.15) is 17.3 Å². The van der Waals surface area contributed by atoms with Gasteiger partial charge in [0, 0.05) is 25.5 Å². The number of amides is 1. The molecule has 0 radical (unpaired) electrons. The molecule has 26 heavy (non-hydrogen) atoms. The van der Waals surface area contributed by atoms with Gasteiger partial charge in [0.2, 0.25) is 0 Å². The Morgan fingerprint density at radius 3 is 2.46 bits per heavy atom. The van der Waals surface area contributed by atoms with Crippen LogP contribution in [0.25, 0.3) is 0 Å². The first kappa shape index (κ1) is 17.2. The second-order valence-corrected chi connectivity index (χ2v) is 5.37. The molecule has 0 unspecified atom stereocenters. The number of aryl methyl sites for hydroxylation is 1. The highest BCUT2D eigenvalue weighted by atomic mass is 16.1. The SMILES string of the molecule is Cc1cnc(C(=O)NCCNc2ccc(Nc3ccccn3)nn2)cn1. The minimum atomic E-state index is -0.264. The number of nitrogens with one attached hydrogen (secondary N) is 3.